The fraction of sp³-hybridized carbons (Fsp3) is 0.0328. The summed E-state index contributed by atoms with van der Waals surface area (Å²) in [5.41, 5.74) is 13.9. The van der Waals surface area contributed by atoms with Gasteiger partial charge in [-0.1, -0.05) is 194 Å². The van der Waals surface area contributed by atoms with Gasteiger partial charge in [-0.15, -0.1) is 4.94 Å². The quantitative estimate of drug-likeness (QED) is 0.136. The minimum absolute atomic E-state index is 0.469. The molecule has 0 radical (unpaired) electrons. The van der Waals surface area contributed by atoms with Gasteiger partial charge >= 0.3 is 0 Å². The molecule has 9 aromatic carbocycles. The number of hydroxylamine groups is 1. The van der Waals surface area contributed by atoms with Gasteiger partial charge in [0.2, 0.25) is 0 Å². The van der Waals surface area contributed by atoms with Gasteiger partial charge in [-0.2, -0.15) is 5.06 Å². The summed E-state index contributed by atoms with van der Waals surface area (Å²) in [5, 5.41) is 4.85. The lowest BCUT2D eigenvalue weighted by Gasteiger charge is -2.37. The van der Waals surface area contributed by atoms with Crippen LogP contribution < -0.4 is 10.1 Å². The molecule has 12 rings (SSSR count). The van der Waals surface area contributed by atoms with E-state index in [0.29, 0.717) is 17.1 Å². The molecule has 66 heavy (non-hydrogen) atoms. The first-order valence-electron chi connectivity index (χ1n) is 23.7. The predicted octanol–water partition coefficient (Wildman–Crippen LogP) is 15.0. The third-order valence-electron chi connectivity index (χ3n) is 13.0. The fourth-order valence-corrected chi connectivity index (χ4v) is 10.1. The molecule has 0 spiro atoms. The number of anilines is 3. The average molecular weight is 852 g/mol. The van der Waals surface area contributed by atoms with Crippen molar-refractivity contribution in [2.45, 2.75) is 5.41 Å². The highest BCUT2D eigenvalue weighted by atomic mass is 16.8. The number of aromatic nitrogens is 2. The third-order valence-corrected chi connectivity index (χ3v) is 13.0. The predicted molar refractivity (Wildman–Crippen MR) is 271 cm³/mol. The van der Waals surface area contributed by atoms with Crippen LogP contribution in [0.1, 0.15) is 26.4 Å². The van der Waals surface area contributed by atoms with Crippen LogP contribution in [-0.2, 0) is 10.4 Å². The molecule has 3 heterocycles. The Morgan fingerprint density at radius 2 is 1.00 bits per heavy atom. The van der Waals surface area contributed by atoms with E-state index in [1.807, 2.05) is 48.7 Å². The van der Waals surface area contributed by atoms with Crippen molar-refractivity contribution in [1.29, 1.82) is 0 Å². The van der Waals surface area contributed by atoms with E-state index in [2.05, 4.69) is 199 Å². The smallest absolute Gasteiger partial charge is 0.138 e. The maximum absolute atomic E-state index is 8.32. The zero-order valence-electron chi connectivity index (χ0n) is 38.9. The lowest BCUT2D eigenvalue weighted by atomic mass is 9.65. The van der Waals surface area contributed by atoms with Crippen LogP contribution in [0.25, 0.3) is 61.0 Å². The third kappa shape index (κ3) is 6.40. The highest BCUT2D eigenvalue weighted by molar-refractivity contribution is 6.09. The summed E-state index contributed by atoms with van der Waals surface area (Å²) in [6.07, 6.45) is 1.93. The molecule has 11 aromatic rings. The van der Waals surface area contributed by atoms with Crippen molar-refractivity contribution in [1.82, 2.24) is 9.55 Å². The summed E-state index contributed by atoms with van der Waals surface area (Å²) < 4.78 is 27.3. The minimum Gasteiger partial charge on any atom is -0.294 e. The number of benzene rings is 9. The molecule has 1 aliphatic heterocycles. The van der Waals surface area contributed by atoms with Crippen LogP contribution in [-0.4, -0.2) is 16.5 Å². The summed E-state index contributed by atoms with van der Waals surface area (Å²) in [7, 11) is 0. The Bertz CT molecular complexity index is 3560. The summed E-state index contributed by atoms with van der Waals surface area (Å²) >= 11 is 0. The molecule has 0 bridgehead atoms. The van der Waals surface area contributed by atoms with Crippen molar-refractivity contribution in [2.75, 3.05) is 17.1 Å². The number of hydrogen-bond acceptors (Lipinski definition) is 4. The monoisotopic (exact) mass is 851 g/mol. The molecule has 2 aromatic heterocycles. The van der Waals surface area contributed by atoms with Crippen molar-refractivity contribution in [3.8, 4) is 39.2 Å². The summed E-state index contributed by atoms with van der Waals surface area (Å²) in [6.45, 7) is -2.53. The topological polar surface area (TPSA) is 33.5 Å². The van der Waals surface area contributed by atoms with Gasteiger partial charge in [-0.3, -0.25) is 4.57 Å². The molecule has 0 saturated carbocycles. The van der Waals surface area contributed by atoms with Crippen molar-refractivity contribution in [3.63, 3.8) is 0 Å². The lowest BCUT2D eigenvalue weighted by molar-refractivity contribution is 0.142. The second-order valence-corrected chi connectivity index (χ2v) is 16.6. The SMILES string of the molecule is [2H]C([2H])([2H])N1ON(c2cccc(C(c3ccccc3)(c3ccccc3)c3ccc4c5ccccc5n(-c5cc(-c6c(-c7ccccc7)cccc6-c6ccccc6)ccn5)c4c3)c2)c2ccccc21. The number of pyridine rings is 1. The molecule has 0 N–H and O–H groups in total. The molecule has 0 saturated heterocycles. The van der Waals surface area contributed by atoms with Gasteiger partial charge in [0.25, 0.3) is 0 Å². The molecule has 0 amide bonds. The lowest BCUT2D eigenvalue weighted by Crippen LogP contribution is -2.31. The Morgan fingerprint density at radius 1 is 0.439 bits per heavy atom. The van der Waals surface area contributed by atoms with Crippen LogP contribution in [0.2, 0.25) is 0 Å². The highest BCUT2D eigenvalue weighted by Crippen LogP contribution is 2.49. The van der Waals surface area contributed by atoms with Gasteiger partial charge in [0.1, 0.15) is 5.82 Å². The Balaban J connectivity index is 1.10. The zero-order valence-corrected chi connectivity index (χ0v) is 35.9. The molecule has 5 heteroatoms. The molecule has 0 unspecified atom stereocenters. The second-order valence-electron chi connectivity index (χ2n) is 16.6. The van der Waals surface area contributed by atoms with Gasteiger partial charge in [-0.05, 0) is 104 Å². The van der Waals surface area contributed by atoms with Gasteiger partial charge in [0.05, 0.1) is 33.5 Å². The number of nitrogens with zero attached hydrogens (tertiary/aromatic N) is 4. The summed E-state index contributed by atoms with van der Waals surface area (Å²) in [5.74, 6) is 0.799. The zero-order chi connectivity index (χ0) is 46.5. The first kappa shape index (κ1) is 35.9. The van der Waals surface area contributed by atoms with E-state index in [1.165, 1.54) is 0 Å². The maximum Gasteiger partial charge on any atom is 0.138 e. The van der Waals surface area contributed by atoms with Crippen LogP contribution in [0, 0.1) is 0 Å². The molecule has 0 atom stereocenters. The van der Waals surface area contributed by atoms with E-state index in [-0.39, 0.29) is 0 Å². The summed E-state index contributed by atoms with van der Waals surface area (Å²) in [4.78, 5) is 11.4. The van der Waals surface area contributed by atoms with Crippen LogP contribution in [0.15, 0.2) is 249 Å². The molecule has 0 aliphatic carbocycles. The fourth-order valence-electron chi connectivity index (χ4n) is 10.1. The van der Waals surface area contributed by atoms with Gasteiger partial charge in [0, 0.05) is 28.1 Å². The second kappa shape index (κ2) is 16.2. The van der Waals surface area contributed by atoms with Crippen molar-refractivity contribution >= 4 is 38.9 Å². The van der Waals surface area contributed by atoms with Crippen molar-refractivity contribution < 1.29 is 9.05 Å². The van der Waals surface area contributed by atoms with Crippen molar-refractivity contribution in [3.05, 3.63) is 271 Å². The van der Waals surface area contributed by atoms with E-state index in [1.54, 1.807) is 11.1 Å². The maximum atomic E-state index is 8.32. The van der Waals surface area contributed by atoms with Crippen molar-refractivity contribution in [2.24, 2.45) is 0 Å². The van der Waals surface area contributed by atoms with Gasteiger partial charge < -0.3 is 0 Å². The largest absolute Gasteiger partial charge is 0.294 e. The van der Waals surface area contributed by atoms with Crippen LogP contribution in [0.4, 0.5) is 17.1 Å². The molecule has 1 aliphatic rings. The van der Waals surface area contributed by atoms with E-state index in [9.17, 15) is 0 Å². The van der Waals surface area contributed by atoms with E-state index in [0.717, 1.165) is 88.3 Å². The Hall–Kier alpha value is -8.51. The number of fused-ring (bicyclic) bond motifs is 4. The standard InChI is InChI=1S/C61H44N4O/c1-63-56-34-16-17-35-57(56)65(66-63)50-29-18-28-48(41-50)61(46-24-10-4-11-25-46,47-26-12-5-13-27-47)49-36-37-54-53-30-14-15-33-55(53)64(58(54)42-49)59-40-45(38-39-62-59)60-51(43-20-6-2-7-21-43)31-19-32-52(60)44-22-8-3-9-23-44/h2-42H,1H3/i1D3. The molecular weight excluding hydrogens is 805 g/mol. The first-order chi connectivity index (χ1) is 33.9. The summed E-state index contributed by atoms with van der Waals surface area (Å²) in [6, 6.07) is 84.4. The highest BCUT2D eigenvalue weighted by Gasteiger charge is 2.40. The number of hydrogen-bond donors (Lipinski definition) is 0. The Kier molecular flexibility index (Phi) is 8.83. The Labute approximate surface area is 388 Å². The minimum atomic E-state index is -2.53. The van der Waals surface area contributed by atoms with Crippen LogP contribution in [0.3, 0.4) is 0 Å². The van der Waals surface area contributed by atoms with E-state index in [4.69, 9.17) is 14.0 Å². The Morgan fingerprint density at radius 3 is 1.68 bits per heavy atom. The van der Waals surface area contributed by atoms with Gasteiger partial charge in [0.15, 0.2) is 0 Å². The molecule has 0 fully saturated rings. The molecule has 314 valence electrons. The first-order valence-corrected chi connectivity index (χ1v) is 22.2. The van der Waals surface area contributed by atoms with E-state index < -0.39 is 12.4 Å². The average Bonchev–Trinajstić information content (AvgIpc) is 3.97. The molecular formula is C61H44N4O. The van der Waals surface area contributed by atoms with E-state index >= 15 is 0 Å². The molecule has 5 nitrogen and oxygen atoms in total. The van der Waals surface area contributed by atoms with Gasteiger partial charge in [-0.25, -0.2) is 10.0 Å². The van der Waals surface area contributed by atoms with Crippen LogP contribution in [0.5, 0.6) is 0 Å². The number of rotatable bonds is 9. The number of para-hydroxylation sites is 3. The normalized spacial score (nSPS) is 13.4. The van der Waals surface area contributed by atoms with Crippen LogP contribution >= 0.6 is 0 Å².